The highest BCUT2D eigenvalue weighted by Crippen LogP contribution is 2.23. The lowest BCUT2D eigenvalue weighted by Gasteiger charge is -2.31. The van der Waals surface area contributed by atoms with E-state index in [0.717, 1.165) is 0 Å². The molecular formula is C11H13ClN2O3S. The second kappa shape index (κ2) is 5.69. The number of carbonyl (C=O) groups excluding carboxylic acids is 2. The fraction of sp³-hybridized carbons (Fsp3) is 0.455. The van der Waals surface area contributed by atoms with Crippen molar-refractivity contribution in [3.8, 4) is 0 Å². The molecule has 18 heavy (non-hydrogen) atoms. The van der Waals surface area contributed by atoms with Crippen molar-refractivity contribution >= 4 is 34.8 Å². The van der Waals surface area contributed by atoms with Crippen molar-refractivity contribution in [3.05, 3.63) is 21.3 Å². The Bertz CT molecular complexity index is 463. The molecule has 2 heterocycles. The third-order valence-corrected chi connectivity index (χ3v) is 3.90. The van der Waals surface area contributed by atoms with Gasteiger partial charge in [0, 0.05) is 13.6 Å². The topological polar surface area (TPSA) is 58.6 Å². The first-order chi connectivity index (χ1) is 8.61. The second-order valence-corrected chi connectivity index (χ2v) is 5.54. The number of halogens is 1. The van der Waals surface area contributed by atoms with Crippen LogP contribution in [-0.4, -0.2) is 49.6 Å². The second-order valence-electron chi connectivity index (χ2n) is 3.83. The average Bonchev–Trinajstić information content (AvgIpc) is 2.83. The van der Waals surface area contributed by atoms with Crippen molar-refractivity contribution in [2.24, 2.45) is 0 Å². The maximum Gasteiger partial charge on any atom is 0.264 e. The van der Waals surface area contributed by atoms with Gasteiger partial charge < -0.3 is 15.0 Å². The van der Waals surface area contributed by atoms with Crippen LogP contribution < -0.4 is 5.32 Å². The summed E-state index contributed by atoms with van der Waals surface area (Å²) in [6.45, 7) is 1.12. The molecule has 2 amide bonds. The molecule has 5 nitrogen and oxygen atoms in total. The smallest absolute Gasteiger partial charge is 0.264 e. The number of thiophene rings is 1. The van der Waals surface area contributed by atoms with Gasteiger partial charge in [-0.25, -0.2) is 0 Å². The van der Waals surface area contributed by atoms with Gasteiger partial charge in [0.25, 0.3) is 11.8 Å². The van der Waals surface area contributed by atoms with E-state index in [-0.39, 0.29) is 18.4 Å². The SMILES string of the molecule is CNC(=O)[C@@H]1CN(C(=O)c2ccc(Cl)s2)CCO1. The van der Waals surface area contributed by atoms with Crippen molar-refractivity contribution in [3.63, 3.8) is 0 Å². The number of hydrogen-bond donors (Lipinski definition) is 1. The lowest BCUT2D eigenvalue weighted by molar-refractivity contribution is -0.136. The van der Waals surface area contributed by atoms with Crippen molar-refractivity contribution in [1.82, 2.24) is 10.2 Å². The van der Waals surface area contributed by atoms with Crippen LogP contribution in [0.2, 0.25) is 4.34 Å². The Labute approximate surface area is 114 Å². The van der Waals surface area contributed by atoms with E-state index < -0.39 is 6.10 Å². The molecule has 0 spiro atoms. The summed E-state index contributed by atoms with van der Waals surface area (Å²) in [7, 11) is 1.55. The van der Waals surface area contributed by atoms with Crippen molar-refractivity contribution in [2.75, 3.05) is 26.7 Å². The number of likely N-dealkylation sites (N-methyl/N-ethyl adjacent to an activating group) is 1. The van der Waals surface area contributed by atoms with Crippen LogP contribution in [0.5, 0.6) is 0 Å². The molecule has 1 N–H and O–H groups in total. The Morgan fingerprint density at radius 1 is 1.56 bits per heavy atom. The number of morpholine rings is 1. The molecule has 1 aliphatic rings. The van der Waals surface area contributed by atoms with Crippen LogP contribution in [0.15, 0.2) is 12.1 Å². The number of nitrogens with one attached hydrogen (secondary N) is 1. The summed E-state index contributed by atoms with van der Waals surface area (Å²) in [6, 6.07) is 3.38. The minimum absolute atomic E-state index is 0.107. The summed E-state index contributed by atoms with van der Waals surface area (Å²) in [5.74, 6) is -0.319. The number of rotatable bonds is 2. The van der Waals surface area contributed by atoms with Crippen molar-refractivity contribution in [1.29, 1.82) is 0 Å². The zero-order chi connectivity index (χ0) is 13.1. The van der Waals surface area contributed by atoms with Crippen LogP contribution in [0.1, 0.15) is 9.67 Å². The first-order valence-corrected chi connectivity index (χ1v) is 6.69. The Morgan fingerprint density at radius 2 is 2.33 bits per heavy atom. The van der Waals surface area contributed by atoms with E-state index in [4.69, 9.17) is 16.3 Å². The highest BCUT2D eigenvalue weighted by molar-refractivity contribution is 7.17. The van der Waals surface area contributed by atoms with Gasteiger partial charge in [0.2, 0.25) is 0 Å². The zero-order valence-electron chi connectivity index (χ0n) is 9.81. The van der Waals surface area contributed by atoms with E-state index in [2.05, 4.69) is 5.32 Å². The lowest BCUT2D eigenvalue weighted by Crippen LogP contribution is -2.50. The molecule has 7 heteroatoms. The molecule has 0 radical (unpaired) electrons. The molecule has 0 bridgehead atoms. The van der Waals surface area contributed by atoms with Crippen LogP contribution >= 0.6 is 22.9 Å². The van der Waals surface area contributed by atoms with Crippen LogP contribution in [-0.2, 0) is 9.53 Å². The predicted octanol–water partition coefficient (Wildman–Crippen LogP) is 0.989. The van der Waals surface area contributed by atoms with E-state index in [0.29, 0.717) is 22.4 Å². The number of ether oxygens (including phenoxy) is 1. The van der Waals surface area contributed by atoms with Crippen LogP contribution in [0, 0.1) is 0 Å². The summed E-state index contributed by atoms with van der Waals surface area (Å²) in [5.41, 5.74) is 0. The Kier molecular flexibility index (Phi) is 4.21. The summed E-state index contributed by atoms with van der Waals surface area (Å²) in [5, 5.41) is 2.52. The molecule has 1 aliphatic heterocycles. The normalized spacial score (nSPS) is 19.7. The average molecular weight is 289 g/mol. The van der Waals surface area contributed by atoms with Gasteiger partial charge in [-0.2, -0.15) is 0 Å². The van der Waals surface area contributed by atoms with E-state index >= 15 is 0 Å². The summed E-state index contributed by atoms with van der Waals surface area (Å²) in [6.07, 6.45) is -0.594. The largest absolute Gasteiger partial charge is 0.365 e. The van der Waals surface area contributed by atoms with Crippen molar-refractivity contribution < 1.29 is 14.3 Å². The molecule has 1 aromatic rings. The molecule has 98 valence electrons. The van der Waals surface area contributed by atoms with E-state index in [9.17, 15) is 9.59 Å². The van der Waals surface area contributed by atoms with Gasteiger partial charge in [-0.1, -0.05) is 11.6 Å². The van der Waals surface area contributed by atoms with E-state index in [1.807, 2.05) is 0 Å². The van der Waals surface area contributed by atoms with Crippen LogP contribution in [0.25, 0.3) is 0 Å². The molecule has 1 aromatic heterocycles. The maximum atomic E-state index is 12.2. The first-order valence-electron chi connectivity index (χ1n) is 5.49. The molecule has 0 aromatic carbocycles. The first kappa shape index (κ1) is 13.3. The van der Waals surface area contributed by atoms with Gasteiger partial charge in [-0.3, -0.25) is 9.59 Å². The monoisotopic (exact) mass is 288 g/mol. The number of nitrogens with zero attached hydrogens (tertiary/aromatic N) is 1. The van der Waals surface area contributed by atoms with Crippen LogP contribution in [0.4, 0.5) is 0 Å². The third-order valence-electron chi connectivity index (χ3n) is 2.68. The number of hydrogen-bond acceptors (Lipinski definition) is 4. The van der Waals surface area contributed by atoms with Gasteiger partial charge in [-0.15, -0.1) is 11.3 Å². The van der Waals surface area contributed by atoms with Crippen molar-refractivity contribution in [2.45, 2.75) is 6.10 Å². The summed E-state index contributed by atoms with van der Waals surface area (Å²) >= 11 is 7.04. The van der Waals surface area contributed by atoms with E-state index in [1.54, 1.807) is 24.1 Å². The summed E-state index contributed by atoms with van der Waals surface area (Å²) in [4.78, 5) is 25.8. The third kappa shape index (κ3) is 2.82. The molecule has 1 atom stereocenters. The zero-order valence-corrected chi connectivity index (χ0v) is 11.4. The quantitative estimate of drug-likeness (QED) is 0.883. The molecule has 0 saturated carbocycles. The lowest BCUT2D eigenvalue weighted by atomic mass is 10.2. The number of carbonyl (C=O) groups is 2. The molecular weight excluding hydrogens is 276 g/mol. The van der Waals surface area contributed by atoms with Gasteiger partial charge in [0.1, 0.15) is 0 Å². The Morgan fingerprint density at radius 3 is 2.94 bits per heavy atom. The van der Waals surface area contributed by atoms with E-state index in [1.165, 1.54) is 11.3 Å². The van der Waals surface area contributed by atoms with Crippen LogP contribution in [0.3, 0.4) is 0 Å². The molecule has 2 rings (SSSR count). The maximum absolute atomic E-state index is 12.2. The fourth-order valence-electron chi connectivity index (χ4n) is 1.74. The molecule has 0 unspecified atom stereocenters. The molecule has 1 fully saturated rings. The summed E-state index contributed by atoms with van der Waals surface area (Å²) < 4.78 is 5.90. The predicted molar refractivity (Wildman–Crippen MR) is 69.0 cm³/mol. The molecule has 0 aliphatic carbocycles. The standard InChI is InChI=1S/C11H13ClN2O3S/c1-13-10(15)7-6-14(4-5-17-7)11(16)8-2-3-9(12)18-8/h2-3,7H,4-6H2,1H3,(H,13,15)/t7-/m0/s1. The highest BCUT2D eigenvalue weighted by atomic mass is 35.5. The fourth-order valence-corrected chi connectivity index (χ4v) is 2.75. The minimum Gasteiger partial charge on any atom is -0.365 e. The highest BCUT2D eigenvalue weighted by Gasteiger charge is 2.29. The Hall–Kier alpha value is -1.11. The van der Waals surface area contributed by atoms with Gasteiger partial charge in [-0.05, 0) is 12.1 Å². The minimum atomic E-state index is -0.594. The molecule has 1 saturated heterocycles. The number of amides is 2. The Balaban J connectivity index is 2.05. The van der Waals surface area contributed by atoms with Gasteiger partial charge >= 0.3 is 0 Å². The van der Waals surface area contributed by atoms with Gasteiger partial charge in [0.05, 0.1) is 22.4 Å². The van der Waals surface area contributed by atoms with Gasteiger partial charge in [0.15, 0.2) is 6.10 Å².